The molecule has 25 heavy (non-hydrogen) atoms. The van der Waals surface area contributed by atoms with Crippen molar-refractivity contribution in [2.75, 3.05) is 33.0 Å². The average molecular weight is 348 g/mol. The van der Waals surface area contributed by atoms with E-state index in [1.807, 2.05) is 26.0 Å². The third-order valence-corrected chi connectivity index (χ3v) is 4.75. The molecule has 0 aliphatic carbocycles. The molecule has 6 heteroatoms. The summed E-state index contributed by atoms with van der Waals surface area (Å²) < 4.78 is 17.1. The molecule has 6 nitrogen and oxygen atoms in total. The molecule has 2 N–H and O–H groups in total. The van der Waals surface area contributed by atoms with Crippen molar-refractivity contribution in [1.29, 1.82) is 0 Å². The number of ether oxygens (including phenoxy) is 3. The van der Waals surface area contributed by atoms with Crippen LogP contribution in [0.2, 0.25) is 0 Å². The number of hydrogen-bond acceptors (Lipinski definition) is 4. The van der Waals surface area contributed by atoms with Crippen LogP contribution < -0.4 is 15.4 Å². The maximum absolute atomic E-state index is 12.1. The summed E-state index contributed by atoms with van der Waals surface area (Å²) in [4.78, 5) is 12.1. The van der Waals surface area contributed by atoms with Crippen LogP contribution in [0.3, 0.4) is 0 Å². The van der Waals surface area contributed by atoms with Crippen molar-refractivity contribution < 1.29 is 19.0 Å². The lowest BCUT2D eigenvalue weighted by atomic mass is 9.90. The number of benzene rings is 1. The minimum atomic E-state index is -0.192. The first-order valence-electron chi connectivity index (χ1n) is 9.02. The average Bonchev–Trinajstić information content (AvgIpc) is 2.98. The number of rotatable bonds is 5. The SMILES string of the molecule is Cc1cc(C)cc(OCCNC(=O)N[C@@H]2CCO[C@@]3(CCOC3)C2)c1. The van der Waals surface area contributed by atoms with Gasteiger partial charge in [-0.3, -0.25) is 0 Å². The van der Waals surface area contributed by atoms with Gasteiger partial charge in [0.25, 0.3) is 0 Å². The second-order valence-electron chi connectivity index (χ2n) is 7.10. The molecular weight excluding hydrogens is 320 g/mol. The molecule has 2 atom stereocenters. The summed E-state index contributed by atoms with van der Waals surface area (Å²) in [5, 5.41) is 5.91. The number of amides is 2. The molecule has 1 aromatic carbocycles. The topological polar surface area (TPSA) is 68.8 Å². The first kappa shape index (κ1) is 18.0. The highest BCUT2D eigenvalue weighted by Crippen LogP contribution is 2.32. The molecule has 0 radical (unpaired) electrons. The van der Waals surface area contributed by atoms with Crippen LogP contribution in [0.25, 0.3) is 0 Å². The smallest absolute Gasteiger partial charge is 0.315 e. The molecule has 1 aromatic rings. The van der Waals surface area contributed by atoms with Gasteiger partial charge in [-0.1, -0.05) is 6.07 Å². The second-order valence-corrected chi connectivity index (χ2v) is 7.10. The Balaban J connectivity index is 1.36. The Labute approximate surface area is 149 Å². The first-order valence-corrected chi connectivity index (χ1v) is 9.02. The van der Waals surface area contributed by atoms with E-state index >= 15 is 0 Å². The van der Waals surface area contributed by atoms with E-state index in [0.29, 0.717) is 26.4 Å². The van der Waals surface area contributed by atoms with Gasteiger partial charge in [0.1, 0.15) is 12.4 Å². The van der Waals surface area contributed by atoms with Gasteiger partial charge in [0.2, 0.25) is 0 Å². The maximum atomic E-state index is 12.1. The van der Waals surface area contributed by atoms with E-state index in [2.05, 4.69) is 16.7 Å². The molecule has 1 spiro atoms. The van der Waals surface area contributed by atoms with Crippen LogP contribution in [-0.4, -0.2) is 50.6 Å². The number of urea groups is 1. The molecule has 0 aromatic heterocycles. The summed E-state index contributed by atoms with van der Waals surface area (Å²) in [5.74, 6) is 0.840. The van der Waals surface area contributed by atoms with Crippen LogP contribution in [0.4, 0.5) is 4.79 Å². The summed E-state index contributed by atoms with van der Waals surface area (Å²) in [6.45, 7) is 7.05. The van der Waals surface area contributed by atoms with E-state index in [-0.39, 0.29) is 17.7 Å². The number of carbonyl (C=O) groups is 1. The molecule has 2 saturated heterocycles. The van der Waals surface area contributed by atoms with Crippen molar-refractivity contribution in [2.45, 2.75) is 44.8 Å². The third kappa shape index (κ3) is 5.09. The van der Waals surface area contributed by atoms with E-state index in [1.54, 1.807) is 0 Å². The zero-order chi connectivity index (χ0) is 17.7. The van der Waals surface area contributed by atoms with Gasteiger partial charge in [-0.25, -0.2) is 4.79 Å². The predicted octanol–water partition coefficient (Wildman–Crippen LogP) is 2.32. The van der Waals surface area contributed by atoms with Crippen molar-refractivity contribution in [1.82, 2.24) is 10.6 Å². The highest BCUT2D eigenvalue weighted by atomic mass is 16.6. The van der Waals surface area contributed by atoms with E-state index < -0.39 is 0 Å². The Morgan fingerprint density at radius 3 is 2.80 bits per heavy atom. The Morgan fingerprint density at radius 2 is 2.08 bits per heavy atom. The van der Waals surface area contributed by atoms with Gasteiger partial charge in [-0.2, -0.15) is 0 Å². The Bertz CT molecular complexity index is 579. The van der Waals surface area contributed by atoms with E-state index in [1.165, 1.54) is 11.1 Å². The van der Waals surface area contributed by atoms with E-state index in [9.17, 15) is 4.79 Å². The van der Waals surface area contributed by atoms with Gasteiger partial charge in [-0.05, 0) is 49.9 Å². The zero-order valence-electron chi connectivity index (χ0n) is 15.1. The highest BCUT2D eigenvalue weighted by Gasteiger charge is 2.41. The number of carbonyl (C=O) groups excluding carboxylic acids is 1. The monoisotopic (exact) mass is 348 g/mol. The lowest BCUT2D eigenvalue weighted by Gasteiger charge is -2.37. The zero-order valence-corrected chi connectivity index (χ0v) is 15.1. The Morgan fingerprint density at radius 1 is 1.28 bits per heavy atom. The van der Waals surface area contributed by atoms with Crippen molar-refractivity contribution in [3.63, 3.8) is 0 Å². The van der Waals surface area contributed by atoms with Crippen LogP contribution in [0.15, 0.2) is 18.2 Å². The molecular formula is C19H28N2O4. The van der Waals surface area contributed by atoms with Gasteiger partial charge in [0, 0.05) is 25.7 Å². The molecule has 0 saturated carbocycles. The first-order chi connectivity index (χ1) is 12.0. The third-order valence-electron chi connectivity index (χ3n) is 4.75. The quantitative estimate of drug-likeness (QED) is 0.802. The summed E-state index contributed by atoms with van der Waals surface area (Å²) in [6.07, 6.45) is 2.57. The molecule has 2 fully saturated rings. The minimum Gasteiger partial charge on any atom is -0.492 e. The molecule has 0 unspecified atom stereocenters. The fraction of sp³-hybridized carbons (Fsp3) is 0.632. The van der Waals surface area contributed by atoms with E-state index in [0.717, 1.165) is 31.6 Å². The lowest BCUT2D eigenvalue weighted by molar-refractivity contribution is -0.0878. The predicted molar refractivity (Wildman–Crippen MR) is 95.1 cm³/mol. The van der Waals surface area contributed by atoms with Crippen LogP contribution >= 0.6 is 0 Å². The Hall–Kier alpha value is -1.79. The van der Waals surface area contributed by atoms with E-state index in [4.69, 9.17) is 14.2 Å². The summed E-state index contributed by atoms with van der Waals surface area (Å²) in [7, 11) is 0. The standard InChI is InChI=1S/C19H28N2O4/c1-14-9-15(2)11-17(10-14)24-8-5-20-18(22)21-16-3-6-25-19(12-16)4-7-23-13-19/h9-11,16H,3-8,12-13H2,1-2H3,(H2,20,21,22)/t16-,19+/m1/s1. The van der Waals surface area contributed by atoms with Gasteiger partial charge in [-0.15, -0.1) is 0 Å². The number of aryl methyl sites for hydroxylation is 2. The number of hydrogen-bond donors (Lipinski definition) is 2. The lowest BCUT2D eigenvalue weighted by Crippen LogP contribution is -2.51. The summed E-state index contributed by atoms with van der Waals surface area (Å²) in [6, 6.07) is 6.09. The van der Waals surface area contributed by atoms with Crippen LogP contribution in [-0.2, 0) is 9.47 Å². The highest BCUT2D eigenvalue weighted by molar-refractivity contribution is 5.74. The van der Waals surface area contributed by atoms with Crippen LogP contribution in [0, 0.1) is 13.8 Å². The van der Waals surface area contributed by atoms with Crippen molar-refractivity contribution >= 4 is 6.03 Å². The fourth-order valence-electron chi connectivity index (χ4n) is 3.60. The van der Waals surface area contributed by atoms with Crippen molar-refractivity contribution in [3.8, 4) is 5.75 Å². The molecule has 0 bridgehead atoms. The summed E-state index contributed by atoms with van der Waals surface area (Å²) in [5.41, 5.74) is 2.15. The molecule has 138 valence electrons. The van der Waals surface area contributed by atoms with Crippen LogP contribution in [0.1, 0.15) is 30.4 Å². The molecule has 2 heterocycles. The molecule has 2 amide bonds. The molecule has 3 rings (SSSR count). The van der Waals surface area contributed by atoms with Gasteiger partial charge < -0.3 is 24.8 Å². The molecule has 2 aliphatic heterocycles. The fourth-order valence-corrected chi connectivity index (χ4v) is 3.60. The van der Waals surface area contributed by atoms with Gasteiger partial charge in [0.05, 0.1) is 18.8 Å². The van der Waals surface area contributed by atoms with Gasteiger partial charge in [0.15, 0.2) is 0 Å². The maximum Gasteiger partial charge on any atom is 0.315 e. The molecule has 2 aliphatic rings. The normalized spacial score (nSPS) is 25.8. The largest absolute Gasteiger partial charge is 0.492 e. The van der Waals surface area contributed by atoms with Crippen molar-refractivity contribution in [3.05, 3.63) is 29.3 Å². The van der Waals surface area contributed by atoms with Crippen LogP contribution in [0.5, 0.6) is 5.75 Å². The van der Waals surface area contributed by atoms with Crippen molar-refractivity contribution in [2.24, 2.45) is 0 Å². The minimum absolute atomic E-state index is 0.135. The summed E-state index contributed by atoms with van der Waals surface area (Å²) >= 11 is 0. The van der Waals surface area contributed by atoms with Gasteiger partial charge >= 0.3 is 6.03 Å². The number of nitrogens with one attached hydrogen (secondary N) is 2. The second kappa shape index (κ2) is 8.06. The Kier molecular flexibility index (Phi) is 5.81.